The topological polar surface area (TPSA) is 174 Å². The molecule has 0 radical (unpaired) electrons. The lowest BCUT2D eigenvalue weighted by atomic mass is 10.1. The molecule has 0 aromatic rings. The first kappa shape index (κ1) is 25.5. The van der Waals surface area contributed by atoms with Crippen LogP contribution in [-0.2, 0) is 9.13 Å². The van der Waals surface area contributed by atoms with Crippen LogP contribution in [0.2, 0.25) is 0 Å². The molecule has 4 N–H and O–H groups in total. The lowest BCUT2D eigenvalue weighted by Gasteiger charge is -2.10. The molecular weight excluding hydrogens is 386 g/mol. The number of nitroso groups, excluding NO2 is 2. The molecule has 0 heterocycles. The molecule has 0 bridgehead atoms. The Labute approximate surface area is 153 Å². The summed E-state index contributed by atoms with van der Waals surface area (Å²) < 4.78 is 21.8. The third kappa shape index (κ3) is 12.8. The Hall–Kier alpha value is -0.500. The van der Waals surface area contributed by atoms with Crippen molar-refractivity contribution in [3.05, 3.63) is 9.81 Å². The summed E-state index contributed by atoms with van der Waals surface area (Å²) in [5, 5.41) is 4.98. The minimum absolute atomic E-state index is 0.110. The summed E-state index contributed by atoms with van der Waals surface area (Å²) in [6.07, 6.45) is 8.89. The van der Waals surface area contributed by atoms with Crippen LogP contribution in [0.25, 0.3) is 0 Å². The van der Waals surface area contributed by atoms with Gasteiger partial charge < -0.3 is 19.6 Å². The average Bonchev–Trinajstić information content (AvgIpc) is 2.53. The molecule has 0 rings (SSSR count). The maximum atomic E-state index is 10.9. The highest BCUT2D eigenvalue weighted by molar-refractivity contribution is 7.52. The lowest BCUT2D eigenvalue weighted by molar-refractivity contribution is 0.351. The van der Waals surface area contributed by atoms with Crippen LogP contribution in [0, 0.1) is 9.81 Å². The van der Waals surface area contributed by atoms with Crippen LogP contribution in [0.5, 0.6) is 0 Å². The minimum atomic E-state index is -4.42. The van der Waals surface area contributed by atoms with Gasteiger partial charge in [-0.1, -0.05) is 74.6 Å². The Morgan fingerprint density at radius 2 is 0.769 bits per heavy atom. The van der Waals surface area contributed by atoms with E-state index in [0.717, 1.165) is 51.4 Å². The van der Waals surface area contributed by atoms with E-state index in [2.05, 4.69) is 10.4 Å². The van der Waals surface area contributed by atoms with E-state index in [0.29, 0.717) is 12.8 Å². The molecule has 0 fully saturated rings. The van der Waals surface area contributed by atoms with Crippen molar-refractivity contribution < 1.29 is 28.7 Å². The molecule has 0 aliphatic rings. The zero-order chi connectivity index (χ0) is 20.1. The van der Waals surface area contributed by atoms with Gasteiger partial charge >= 0.3 is 15.2 Å². The largest absolute Gasteiger partial charge is 0.353 e. The van der Waals surface area contributed by atoms with Crippen molar-refractivity contribution >= 4 is 15.2 Å². The first-order valence-electron chi connectivity index (χ1n) is 8.88. The van der Waals surface area contributed by atoms with Gasteiger partial charge in [0, 0.05) is 0 Å². The van der Waals surface area contributed by atoms with Crippen molar-refractivity contribution in [2.45, 2.75) is 88.6 Å². The van der Waals surface area contributed by atoms with Gasteiger partial charge in [-0.25, -0.2) is 0 Å². The Morgan fingerprint density at radius 3 is 0.962 bits per heavy atom. The predicted molar refractivity (Wildman–Crippen MR) is 98.7 cm³/mol. The molecule has 26 heavy (non-hydrogen) atoms. The van der Waals surface area contributed by atoms with Gasteiger partial charge in [0.15, 0.2) is 11.6 Å². The fourth-order valence-electron chi connectivity index (χ4n) is 2.63. The zero-order valence-electron chi connectivity index (χ0n) is 14.9. The standard InChI is InChI=1S/C14H30N2O8P2/c17-15-13(25(19,20)21)11-9-7-5-3-1-2-4-6-8-10-12-14(16-18)26(22,23)24/h13-14H,1-12H2,(H2,19,20,21)(H2,22,23,24). The van der Waals surface area contributed by atoms with E-state index in [-0.39, 0.29) is 12.8 Å². The van der Waals surface area contributed by atoms with E-state index in [9.17, 15) is 18.9 Å². The summed E-state index contributed by atoms with van der Waals surface area (Å²) in [7, 11) is -8.84. The summed E-state index contributed by atoms with van der Waals surface area (Å²) in [4.78, 5) is 56.3. The highest BCUT2D eigenvalue weighted by Crippen LogP contribution is 2.45. The number of unbranched alkanes of at least 4 members (excludes halogenated alkanes) is 9. The van der Waals surface area contributed by atoms with E-state index in [1.807, 2.05) is 0 Å². The van der Waals surface area contributed by atoms with Gasteiger partial charge in [-0.05, 0) is 12.8 Å². The van der Waals surface area contributed by atoms with Gasteiger partial charge in [0.1, 0.15) is 0 Å². The summed E-state index contributed by atoms with van der Waals surface area (Å²) in [5.41, 5.74) is 0. The highest BCUT2D eigenvalue weighted by atomic mass is 31.2. The maximum absolute atomic E-state index is 10.9. The third-order valence-electron chi connectivity index (χ3n) is 4.19. The van der Waals surface area contributed by atoms with Crippen LogP contribution in [-0.4, -0.2) is 31.1 Å². The average molecular weight is 416 g/mol. The minimum Gasteiger partial charge on any atom is -0.323 e. The molecule has 12 heteroatoms. The highest BCUT2D eigenvalue weighted by Gasteiger charge is 2.29. The lowest BCUT2D eigenvalue weighted by Crippen LogP contribution is -2.04. The van der Waals surface area contributed by atoms with Crippen LogP contribution in [0.3, 0.4) is 0 Å². The van der Waals surface area contributed by atoms with Crippen molar-refractivity contribution in [2.75, 3.05) is 0 Å². The van der Waals surface area contributed by atoms with Crippen molar-refractivity contribution in [1.29, 1.82) is 0 Å². The Kier molecular flexibility index (Phi) is 13.4. The predicted octanol–water partition coefficient (Wildman–Crippen LogP) is 4.21. The van der Waals surface area contributed by atoms with Crippen molar-refractivity contribution in [2.24, 2.45) is 10.4 Å². The second-order valence-electron chi connectivity index (χ2n) is 6.46. The molecular formula is C14H30N2O8P2. The Balaban J connectivity index is 3.50. The smallest absolute Gasteiger partial charge is 0.323 e. The summed E-state index contributed by atoms with van der Waals surface area (Å²) in [5.74, 6) is -2.86. The number of hydrogen-bond donors (Lipinski definition) is 4. The maximum Gasteiger partial charge on any atom is 0.353 e. The second-order valence-corrected chi connectivity index (χ2v) is 10.0. The number of hydrogen-bond acceptors (Lipinski definition) is 6. The first-order valence-corrected chi connectivity index (χ1v) is 12.2. The molecule has 2 unspecified atom stereocenters. The molecule has 0 aromatic heterocycles. The van der Waals surface area contributed by atoms with Gasteiger partial charge in [0.05, 0.1) is 0 Å². The van der Waals surface area contributed by atoms with Crippen molar-refractivity contribution in [1.82, 2.24) is 0 Å². The van der Waals surface area contributed by atoms with Gasteiger partial charge in [-0.15, -0.1) is 9.81 Å². The molecule has 0 aromatic carbocycles. The molecule has 0 aliphatic carbocycles. The van der Waals surface area contributed by atoms with Gasteiger partial charge in [0.25, 0.3) is 0 Å². The van der Waals surface area contributed by atoms with Gasteiger partial charge in [0.2, 0.25) is 0 Å². The molecule has 0 saturated heterocycles. The van der Waals surface area contributed by atoms with E-state index in [1.54, 1.807) is 0 Å². The molecule has 0 aliphatic heterocycles. The zero-order valence-corrected chi connectivity index (χ0v) is 16.6. The molecule has 0 spiro atoms. The third-order valence-corrected chi connectivity index (χ3v) is 6.45. The van der Waals surface area contributed by atoms with Crippen LogP contribution in [0.15, 0.2) is 10.4 Å². The van der Waals surface area contributed by atoms with Crippen LogP contribution in [0.4, 0.5) is 0 Å². The van der Waals surface area contributed by atoms with Crippen LogP contribution >= 0.6 is 15.2 Å². The van der Waals surface area contributed by atoms with E-state index in [1.165, 1.54) is 0 Å². The second kappa shape index (κ2) is 13.6. The Morgan fingerprint density at radius 1 is 0.538 bits per heavy atom. The van der Waals surface area contributed by atoms with E-state index in [4.69, 9.17) is 19.6 Å². The summed E-state index contributed by atoms with van der Waals surface area (Å²) in [6, 6.07) is 0. The normalized spacial score (nSPS) is 14.8. The molecule has 0 amide bonds. The SMILES string of the molecule is O=NC(CCCCCCCCCCCCC(N=O)P(=O)(O)O)P(=O)(O)O. The molecule has 10 nitrogen and oxygen atoms in total. The summed E-state index contributed by atoms with van der Waals surface area (Å²) >= 11 is 0. The fraction of sp³-hybridized carbons (Fsp3) is 1.00. The number of nitrogens with zero attached hydrogens (tertiary/aromatic N) is 2. The quantitative estimate of drug-likeness (QED) is 0.155. The van der Waals surface area contributed by atoms with Crippen LogP contribution in [0.1, 0.15) is 77.0 Å². The van der Waals surface area contributed by atoms with E-state index < -0.39 is 26.8 Å². The monoisotopic (exact) mass is 416 g/mol. The van der Waals surface area contributed by atoms with Gasteiger partial charge in [-0.3, -0.25) is 9.13 Å². The van der Waals surface area contributed by atoms with Crippen molar-refractivity contribution in [3.63, 3.8) is 0 Å². The van der Waals surface area contributed by atoms with Crippen molar-refractivity contribution in [3.8, 4) is 0 Å². The molecule has 154 valence electrons. The van der Waals surface area contributed by atoms with E-state index >= 15 is 0 Å². The van der Waals surface area contributed by atoms with Crippen LogP contribution < -0.4 is 0 Å². The molecule has 0 saturated carbocycles. The van der Waals surface area contributed by atoms with Gasteiger partial charge in [-0.2, -0.15) is 0 Å². The number of rotatable bonds is 17. The first-order chi connectivity index (χ1) is 12.1. The Bertz CT molecular complexity index is 449. The fourth-order valence-corrected chi connectivity index (χ4v) is 3.92. The molecule has 2 atom stereocenters. The summed E-state index contributed by atoms with van der Waals surface area (Å²) in [6.45, 7) is 0.